The number of anilines is 6. The van der Waals surface area contributed by atoms with Crippen molar-refractivity contribution in [2.75, 3.05) is 9.80 Å². The van der Waals surface area contributed by atoms with Gasteiger partial charge in [0, 0.05) is 33.5 Å². The average molecular weight is 857 g/mol. The Labute approximate surface area is 393 Å². The quantitative estimate of drug-likeness (QED) is 0.143. The fourth-order valence-electron chi connectivity index (χ4n) is 10.6. The van der Waals surface area contributed by atoms with E-state index < -0.39 is 5.41 Å². The van der Waals surface area contributed by atoms with Crippen LogP contribution in [0.2, 0.25) is 0 Å². The molecule has 0 spiro atoms. The van der Waals surface area contributed by atoms with Gasteiger partial charge in [-0.05, 0) is 130 Å². The van der Waals surface area contributed by atoms with E-state index in [2.05, 4.69) is 278 Å². The topological polar surface area (TPSA) is 6.48 Å². The van der Waals surface area contributed by atoms with Crippen molar-refractivity contribution in [1.29, 1.82) is 0 Å². The lowest BCUT2D eigenvalue weighted by molar-refractivity contribution is 0.768. The second kappa shape index (κ2) is 16.5. The maximum absolute atomic E-state index is 2.48. The van der Waals surface area contributed by atoms with Gasteiger partial charge in [-0.15, -0.1) is 0 Å². The lowest BCUT2D eigenvalue weighted by Crippen LogP contribution is -2.29. The largest absolute Gasteiger partial charge is 0.310 e. The fourth-order valence-corrected chi connectivity index (χ4v) is 10.6. The van der Waals surface area contributed by atoms with Gasteiger partial charge in [0.2, 0.25) is 0 Å². The molecule has 0 N–H and O–H groups in total. The first-order valence-electron chi connectivity index (χ1n) is 23.2. The molecule has 12 rings (SSSR count). The molecule has 0 fully saturated rings. The highest BCUT2D eigenvalue weighted by Crippen LogP contribution is 2.59. The predicted molar refractivity (Wildman–Crippen MR) is 283 cm³/mol. The second-order valence-corrected chi connectivity index (χ2v) is 17.9. The normalized spacial score (nSPS) is 12.4. The molecule has 2 nitrogen and oxygen atoms in total. The third-order valence-electron chi connectivity index (χ3n) is 13.9. The van der Waals surface area contributed by atoms with Gasteiger partial charge in [0.25, 0.3) is 0 Å². The Morgan fingerprint density at radius 3 is 1.18 bits per heavy atom. The molecule has 0 aliphatic heterocycles. The molecule has 0 bridgehead atoms. The summed E-state index contributed by atoms with van der Waals surface area (Å²) >= 11 is 0. The number of aryl methyl sites for hydroxylation is 2. The molecule has 318 valence electrons. The van der Waals surface area contributed by atoms with Crippen molar-refractivity contribution in [3.63, 3.8) is 0 Å². The number of rotatable bonds is 9. The molecular weight excluding hydrogens is 809 g/mol. The van der Waals surface area contributed by atoms with Crippen LogP contribution >= 0.6 is 0 Å². The Bertz CT molecular complexity index is 3390. The molecule has 0 atom stereocenters. The van der Waals surface area contributed by atoms with Crippen molar-refractivity contribution >= 4 is 55.7 Å². The summed E-state index contributed by atoms with van der Waals surface area (Å²) < 4.78 is 0. The second-order valence-electron chi connectivity index (χ2n) is 17.9. The van der Waals surface area contributed by atoms with Crippen LogP contribution < -0.4 is 9.80 Å². The van der Waals surface area contributed by atoms with Crippen LogP contribution in [-0.4, -0.2) is 0 Å². The van der Waals surface area contributed by atoms with Gasteiger partial charge in [-0.2, -0.15) is 0 Å². The molecule has 0 saturated carbocycles. The Hall–Kier alpha value is -8.46. The van der Waals surface area contributed by atoms with E-state index in [4.69, 9.17) is 0 Å². The molecule has 2 heteroatoms. The van der Waals surface area contributed by atoms with Crippen LogP contribution in [0.5, 0.6) is 0 Å². The lowest BCUT2D eigenvalue weighted by atomic mass is 9.67. The van der Waals surface area contributed by atoms with Gasteiger partial charge in [-0.1, -0.05) is 205 Å². The third kappa shape index (κ3) is 6.80. The highest BCUT2D eigenvalue weighted by molar-refractivity contribution is 6.01. The van der Waals surface area contributed by atoms with E-state index in [9.17, 15) is 0 Å². The SMILES string of the molecule is Cc1ccc(N(c2ccc3c(c2)C(c2ccccc2)(c2ccc(-c4ccccc4)cc2)c2cc(N(c4ccc(C)cc4)c4cccc5ccccc45)ccc2-3)c2cccc3ccccc23)cc1. The number of hydrogen-bond acceptors (Lipinski definition) is 2. The maximum Gasteiger partial charge on any atom is 0.0715 e. The van der Waals surface area contributed by atoms with Crippen molar-refractivity contribution in [3.05, 3.63) is 288 Å². The van der Waals surface area contributed by atoms with Gasteiger partial charge >= 0.3 is 0 Å². The van der Waals surface area contributed by atoms with Gasteiger partial charge in [0.1, 0.15) is 0 Å². The number of fused-ring (bicyclic) bond motifs is 5. The van der Waals surface area contributed by atoms with Gasteiger partial charge in [-0.25, -0.2) is 0 Å². The summed E-state index contributed by atoms with van der Waals surface area (Å²) in [6, 6.07) is 94.3. The standard InChI is InChI=1S/C65H48N2/c1-45-27-35-53(36-28-45)66(63-25-13-19-49-17-9-11-23-57(49)63)55-39-41-59-60-42-40-56(67(54-37-29-46(2)30-38-54)64-26-14-20-50-18-10-12-24-58(50)64)44-62(60)65(61(59)43-55,51-21-7-4-8-22-51)52-33-31-48(32-34-52)47-15-5-3-6-16-47/h3-44H,1-2H3. The van der Waals surface area contributed by atoms with Gasteiger partial charge in [0.05, 0.1) is 16.8 Å². The minimum atomic E-state index is -0.692. The number of hydrogen-bond donors (Lipinski definition) is 0. The molecule has 0 heterocycles. The van der Waals surface area contributed by atoms with Crippen molar-refractivity contribution in [1.82, 2.24) is 0 Å². The zero-order valence-corrected chi connectivity index (χ0v) is 37.6. The Morgan fingerprint density at radius 2 is 0.687 bits per heavy atom. The molecular formula is C65H48N2. The molecule has 0 amide bonds. The highest BCUT2D eigenvalue weighted by Gasteiger charge is 2.47. The van der Waals surface area contributed by atoms with Crippen molar-refractivity contribution in [2.45, 2.75) is 19.3 Å². The van der Waals surface area contributed by atoms with E-state index in [1.165, 1.54) is 77.2 Å². The number of benzene rings is 11. The van der Waals surface area contributed by atoms with Crippen molar-refractivity contribution in [2.24, 2.45) is 0 Å². The monoisotopic (exact) mass is 856 g/mol. The van der Waals surface area contributed by atoms with Crippen LogP contribution in [0, 0.1) is 13.8 Å². The highest BCUT2D eigenvalue weighted by atomic mass is 15.1. The van der Waals surface area contributed by atoms with E-state index in [0.717, 1.165) is 34.1 Å². The summed E-state index contributed by atoms with van der Waals surface area (Å²) in [5.74, 6) is 0. The van der Waals surface area contributed by atoms with Crippen LogP contribution in [0.25, 0.3) is 43.8 Å². The minimum Gasteiger partial charge on any atom is -0.310 e. The van der Waals surface area contributed by atoms with Gasteiger partial charge in [0.15, 0.2) is 0 Å². The zero-order chi connectivity index (χ0) is 44.9. The van der Waals surface area contributed by atoms with Crippen LogP contribution in [0.3, 0.4) is 0 Å². The minimum absolute atomic E-state index is 0.692. The Kier molecular flexibility index (Phi) is 9.88. The van der Waals surface area contributed by atoms with Crippen molar-refractivity contribution < 1.29 is 0 Å². The molecule has 11 aromatic carbocycles. The van der Waals surface area contributed by atoms with E-state index in [0.29, 0.717) is 0 Å². The van der Waals surface area contributed by atoms with E-state index in [1.54, 1.807) is 0 Å². The molecule has 0 saturated heterocycles. The van der Waals surface area contributed by atoms with Gasteiger partial charge < -0.3 is 9.80 Å². The van der Waals surface area contributed by atoms with Crippen molar-refractivity contribution in [3.8, 4) is 22.3 Å². The summed E-state index contributed by atoms with van der Waals surface area (Å²) in [7, 11) is 0. The maximum atomic E-state index is 2.48. The molecule has 1 aliphatic carbocycles. The molecule has 11 aromatic rings. The Morgan fingerprint density at radius 1 is 0.299 bits per heavy atom. The van der Waals surface area contributed by atoms with Crippen LogP contribution in [-0.2, 0) is 5.41 Å². The summed E-state index contributed by atoms with van der Waals surface area (Å²) in [4.78, 5) is 4.90. The molecule has 0 unspecified atom stereocenters. The lowest BCUT2D eigenvalue weighted by Gasteiger charge is -2.36. The molecule has 1 aliphatic rings. The first-order valence-corrected chi connectivity index (χ1v) is 23.2. The summed E-state index contributed by atoms with van der Waals surface area (Å²) in [6.45, 7) is 4.31. The van der Waals surface area contributed by atoms with Gasteiger partial charge in [-0.3, -0.25) is 0 Å². The Balaban J connectivity index is 1.15. The number of nitrogens with zero attached hydrogens (tertiary/aromatic N) is 2. The summed E-state index contributed by atoms with van der Waals surface area (Å²) in [5.41, 5.74) is 18.3. The smallest absolute Gasteiger partial charge is 0.0715 e. The van der Waals surface area contributed by atoms with Crippen LogP contribution in [0.4, 0.5) is 34.1 Å². The predicted octanol–water partition coefficient (Wildman–Crippen LogP) is 17.6. The van der Waals surface area contributed by atoms with Crippen LogP contribution in [0.1, 0.15) is 33.4 Å². The zero-order valence-electron chi connectivity index (χ0n) is 37.6. The fraction of sp³-hybridized carbons (Fsp3) is 0.0462. The molecule has 0 radical (unpaired) electrons. The summed E-state index contributed by atoms with van der Waals surface area (Å²) in [6.07, 6.45) is 0. The summed E-state index contributed by atoms with van der Waals surface area (Å²) in [5, 5.41) is 4.82. The van der Waals surface area contributed by atoms with E-state index in [-0.39, 0.29) is 0 Å². The first kappa shape index (κ1) is 40.1. The average Bonchev–Trinajstić information content (AvgIpc) is 3.68. The van der Waals surface area contributed by atoms with Crippen LogP contribution in [0.15, 0.2) is 255 Å². The third-order valence-corrected chi connectivity index (χ3v) is 13.9. The molecule has 67 heavy (non-hydrogen) atoms. The first-order chi connectivity index (χ1) is 33.0. The molecule has 0 aromatic heterocycles. The van der Waals surface area contributed by atoms with E-state index in [1.807, 2.05) is 0 Å². The van der Waals surface area contributed by atoms with E-state index >= 15 is 0 Å².